The molecule has 2 rings (SSSR count). The maximum Gasteiger partial charge on any atom is 0.243 e. The first kappa shape index (κ1) is 15.4. The normalized spacial score (nSPS) is 20.0. The van der Waals surface area contributed by atoms with Crippen molar-refractivity contribution < 1.29 is 12.8 Å². The second-order valence-electron chi connectivity index (χ2n) is 5.62. The average Bonchev–Trinajstić information content (AvgIpc) is 2.39. The van der Waals surface area contributed by atoms with Crippen molar-refractivity contribution in [1.29, 1.82) is 0 Å². The minimum atomic E-state index is -3.53. The van der Waals surface area contributed by atoms with Gasteiger partial charge in [-0.3, -0.25) is 0 Å². The van der Waals surface area contributed by atoms with Crippen LogP contribution in [0.15, 0.2) is 23.1 Å². The molecule has 1 fully saturated rings. The van der Waals surface area contributed by atoms with E-state index in [2.05, 4.69) is 12.2 Å². The molecule has 1 heterocycles. The maximum atomic E-state index is 13.1. The number of nitrogens with zero attached hydrogens (tertiary/aromatic N) is 1. The van der Waals surface area contributed by atoms with E-state index < -0.39 is 15.8 Å². The highest BCUT2D eigenvalue weighted by Gasteiger charge is 2.34. The van der Waals surface area contributed by atoms with Crippen molar-refractivity contribution in [1.82, 2.24) is 9.62 Å². The lowest BCUT2D eigenvalue weighted by molar-refractivity contribution is 0.219. The summed E-state index contributed by atoms with van der Waals surface area (Å²) in [4.78, 5) is 0.201. The van der Waals surface area contributed by atoms with Crippen molar-refractivity contribution in [2.75, 3.05) is 20.1 Å². The summed E-state index contributed by atoms with van der Waals surface area (Å²) in [7, 11) is -1.63. The molecule has 0 spiro atoms. The van der Waals surface area contributed by atoms with Crippen molar-refractivity contribution in [2.45, 2.75) is 37.1 Å². The van der Waals surface area contributed by atoms with Gasteiger partial charge >= 0.3 is 0 Å². The third-order valence-corrected chi connectivity index (χ3v) is 6.24. The molecule has 1 aromatic rings. The lowest BCUT2D eigenvalue weighted by Gasteiger charge is -2.38. The van der Waals surface area contributed by atoms with Gasteiger partial charge in [0.15, 0.2) is 0 Å². The van der Waals surface area contributed by atoms with Gasteiger partial charge in [0, 0.05) is 18.6 Å². The van der Waals surface area contributed by atoms with Crippen LogP contribution >= 0.6 is 0 Å². The third kappa shape index (κ3) is 2.87. The maximum absolute atomic E-state index is 13.1. The number of halogens is 1. The second kappa shape index (κ2) is 5.42. The Balaban J connectivity index is 2.24. The molecule has 112 valence electrons. The molecule has 0 aromatic heterocycles. The van der Waals surface area contributed by atoms with Crippen molar-refractivity contribution in [2.24, 2.45) is 0 Å². The van der Waals surface area contributed by atoms with Gasteiger partial charge in [-0.15, -0.1) is 0 Å². The number of benzene rings is 1. The molecule has 0 atom stereocenters. The molecule has 1 saturated heterocycles. The van der Waals surface area contributed by atoms with Crippen LogP contribution in [0.25, 0.3) is 0 Å². The predicted molar refractivity (Wildman–Crippen MR) is 76.6 cm³/mol. The SMILES string of the molecule is CNC1(C)CCN(S(=O)(=O)c2ccc(F)cc2C)CC1. The first-order chi connectivity index (χ1) is 9.28. The molecule has 0 bridgehead atoms. The highest BCUT2D eigenvalue weighted by atomic mass is 32.2. The zero-order valence-corrected chi connectivity index (χ0v) is 12.9. The van der Waals surface area contributed by atoms with Gasteiger partial charge in [-0.2, -0.15) is 4.31 Å². The number of aryl methyl sites for hydroxylation is 1. The van der Waals surface area contributed by atoms with Crippen LogP contribution in [0.2, 0.25) is 0 Å². The Morgan fingerprint density at radius 1 is 1.30 bits per heavy atom. The molecular weight excluding hydrogens is 279 g/mol. The third-order valence-electron chi connectivity index (χ3n) is 4.18. The van der Waals surface area contributed by atoms with Gasteiger partial charge in [0.05, 0.1) is 4.90 Å². The monoisotopic (exact) mass is 300 g/mol. The van der Waals surface area contributed by atoms with Crippen LogP contribution in [-0.2, 0) is 10.0 Å². The van der Waals surface area contributed by atoms with Crippen molar-refractivity contribution in [3.63, 3.8) is 0 Å². The van der Waals surface area contributed by atoms with Gasteiger partial charge in [-0.05, 0) is 57.5 Å². The summed E-state index contributed by atoms with van der Waals surface area (Å²) in [5.41, 5.74) is 0.441. The van der Waals surface area contributed by atoms with Crippen LogP contribution in [0, 0.1) is 12.7 Å². The Hall–Kier alpha value is -0.980. The molecule has 20 heavy (non-hydrogen) atoms. The van der Waals surface area contributed by atoms with E-state index in [9.17, 15) is 12.8 Å². The summed E-state index contributed by atoms with van der Waals surface area (Å²) in [6.45, 7) is 4.69. The van der Waals surface area contributed by atoms with Crippen LogP contribution < -0.4 is 5.32 Å². The van der Waals surface area contributed by atoms with Gasteiger partial charge in [0.2, 0.25) is 10.0 Å². The second-order valence-corrected chi connectivity index (χ2v) is 7.53. The van der Waals surface area contributed by atoms with Crippen LogP contribution in [0.1, 0.15) is 25.3 Å². The first-order valence-corrected chi connectivity index (χ1v) is 8.18. The van der Waals surface area contributed by atoms with Gasteiger partial charge in [0.25, 0.3) is 0 Å². The average molecular weight is 300 g/mol. The fraction of sp³-hybridized carbons (Fsp3) is 0.571. The van der Waals surface area contributed by atoms with Gasteiger partial charge in [-0.1, -0.05) is 0 Å². The molecule has 4 nitrogen and oxygen atoms in total. The molecule has 0 radical (unpaired) electrons. The minimum absolute atomic E-state index is 0.0101. The van der Waals surface area contributed by atoms with E-state index in [1.54, 1.807) is 6.92 Å². The van der Waals surface area contributed by atoms with E-state index >= 15 is 0 Å². The number of hydrogen-bond donors (Lipinski definition) is 1. The van der Waals surface area contributed by atoms with E-state index in [4.69, 9.17) is 0 Å². The summed E-state index contributed by atoms with van der Waals surface area (Å²) < 4.78 is 39.8. The molecule has 6 heteroatoms. The standard InChI is InChI=1S/C14H21FN2O2S/c1-11-10-12(15)4-5-13(11)20(18,19)17-8-6-14(2,16-3)7-9-17/h4-5,10,16H,6-9H2,1-3H3. The molecule has 0 unspecified atom stereocenters. The molecule has 1 aliphatic rings. The molecule has 1 N–H and O–H groups in total. The van der Waals surface area contributed by atoms with E-state index in [0.717, 1.165) is 12.8 Å². The number of piperidine rings is 1. The Kier molecular flexibility index (Phi) is 4.18. The van der Waals surface area contributed by atoms with Gasteiger partial charge in [-0.25, -0.2) is 12.8 Å². The van der Waals surface area contributed by atoms with Crippen molar-refractivity contribution >= 4 is 10.0 Å². The molecular formula is C14H21FN2O2S. The zero-order valence-electron chi connectivity index (χ0n) is 12.1. The van der Waals surface area contributed by atoms with Crippen molar-refractivity contribution in [3.05, 3.63) is 29.6 Å². The highest BCUT2D eigenvalue weighted by Crippen LogP contribution is 2.27. The summed E-state index contributed by atoms with van der Waals surface area (Å²) >= 11 is 0. The Bertz CT molecular complexity index is 593. The van der Waals surface area contributed by atoms with E-state index in [0.29, 0.717) is 18.7 Å². The largest absolute Gasteiger partial charge is 0.314 e. The number of sulfonamides is 1. The van der Waals surface area contributed by atoms with Gasteiger partial charge < -0.3 is 5.32 Å². The summed E-state index contributed by atoms with van der Waals surface area (Å²) in [5.74, 6) is -0.414. The molecule has 1 aromatic carbocycles. The van der Waals surface area contributed by atoms with E-state index in [-0.39, 0.29) is 10.4 Å². The van der Waals surface area contributed by atoms with Crippen LogP contribution in [-0.4, -0.2) is 38.4 Å². The van der Waals surface area contributed by atoms with Crippen molar-refractivity contribution in [3.8, 4) is 0 Å². The lowest BCUT2D eigenvalue weighted by Crippen LogP contribution is -2.51. The van der Waals surface area contributed by atoms with Gasteiger partial charge in [0.1, 0.15) is 5.82 Å². The van der Waals surface area contributed by atoms with E-state index in [1.165, 1.54) is 22.5 Å². The van der Waals surface area contributed by atoms with Crippen LogP contribution in [0.4, 0.5) is 4.39 Å². The Morgan fingerprint density at radius 2 is 1.90 bits per heavy atom. The first-order valence-electron chi connectivity index (χ1n) is 6.74. The molecule has 0 aliphatic carbocycles. The number of hydrogen-bond acceptors (Lipinski definition) is 3. The smallest absolute Gasteiger partial charge is 0.243 e. The quantitative estimate of drug-likeness (QED) is 0.927. The Morgan fingerprint density at radius 3 is 2.40 bits per heavy atom. The molecule has 0 amide bonds. The number of nitrogens with one attached hydrogen (secondary N) is 1. The lowest BCUT2D eigenvalue weighted by atomic mass is 9.91. The molecule has 0 saturated carbocycles. The van der Waals surface area contributed by atoms with Crippen LogP contribution in [0.3, 0.4) is 0 Å². The minimum Gasteiger partial charge on any atom is -0.314 e. The highest BCUT2D eigenvalue weighted by molar-refractivity contribution is 7.89. The predicted octanol–water partition coefficient (Wildman–Crippen LogP) is 1.90. The summed E-state index contributed by atoms with van der Waals surface area (Å²) in [5, 5.41) is 3.24. The number of rotatable bonds is 3. The van der Waals surface area contributed by atoms with Crippen LogP contribution in [0.5, 0.6) is 0 Å². The zero-order chi connectivity index (χ0) is 15.0. The molecule has 1 aliphatic heterocycles. The fourth-order valence-corrected chi connectivity index (χ4v) is 4.16. The Labute approximate surface area is 120 Å². The van der Waals surface area contributed by atoms with E-state index in [1.807, 2.05) is 7.05 Å². The summed E-state index contributed by atoms with van der Waals surface area (Å²) in [6, 6.07) is 3.81. The topological polar surface area (TPSA) is 49.4 Å². The summed E-state index contributed by atoms with van der Waals surface area (Å²) in [6.07, 6.45) is 1.53. The fourth-order valence-electron chi connectivity index (χ4n) is 2.51.